The van der Waals surface area contributed by atoms with Crippen molar-refractivity contribution in [2.75, 3.05) is 31.1 Å². The summed E-state index contributed by atoms with van der Waals surface area (Å²) in [4.78, 5) is 17.4. The quantitative estimate of drug-likeness (QED) is 0.831. The van der Waals surface area contributed by atoms with Crippen LogP contribution in [0.15, 0.2) is 35.1 Å². The normalized spacial score (nSPS) is 22.3. The van der Waals surface area contributed by atoms with E-state index in [9.17, 15) is 4.79 Å². The third-order valence-electron chi connectivity index (χ3n) is 6.27. The van der Waals surface area contributed by atoms with Gasteiger partial charge in [-0.15, -0.1) is 0 Å². The van der Waals surface area contributed by atoms with Crippen LogP contribution in [0, 0.1) is 0 Å². The van der Waals surface area contributed by atoms with Crippen LogP contribution in [0.2, 0.25) is 0 Å². The molecule has 6 heteroatoms. The molecule has 0 spiro atoms. The molecule has 1 aromatic carbocycles. The van der Waals surface area contributed by atoms with Crippen LogP contribution in [0.25, 0.3) is 0 Å². The van der Waals surface area contributed by atoms with E-state index in [-0.39, 0.29) is 5.69 Å². The lowest BCUT2D eigenvalue weighted by molar-refractivity contribution is 0.125. The SMILES string of the molecule is CCn1c([C@@H]2CCCN(C3CCN(c4ccccc4)CC3)C2)nn(C)c1=O. The molecule has 4 rings (SSSR count). The lowest BCUT2D eigenvalue weighted by atomic mass is 9.93. The first-order chi connectivity index (χ1) is 13.2. The summed E-state index contributed by atoms with van der Waals surface area (Å²) in [5.74, 6) is 1.36. The first-order valence-corrected chi connectivity index (χ1v) is 10.3. The number of aromatic nitrogens is 3. The van der Waals surface area contributed by atoms with E-state index < -0.39 is 0 Å². The lowest BCUT2D eigenvalue weighted by Crippen LogP contribution is -2.48. The average molecular weight is 370 g/mol. The molecule has 6 nitrogen and oxygen atoms in total. The average Bonchev–Trinajstić information content (AvgIpc) is 3.03. The molecule has 2 aliphatic rings. The summed E-state index contributed by atoms with van der Waals surface area (Å²) in [6.07, 6.45) is 4.75. The monoisotopic (exact) mass is 369 g/mol. The molecule has 146 valence electrons. The van der Waals surface area contributed by atoms with Crippen molar-refractivity contribution < 1.29 is 0 Å². The maximum absolute atomic E-state index is 12.3. The van der Waals surface area contributed by atoms with Gasteiger partial charge in [0.1, 0.15) is 5.82 Å². The molecule has 0 unspecified atom stereocenters. The first kappa shape index (κ1) is 18.3. The zero-order valence-electron chi connectivity index (χ0n) is 16.5. The Hall–Kier alpha value is -2.08. The molecule has 2 fully saturated rings. The Bertz CT molecular complexity index is 804. The Labute approximate surface area is 161 Å². The molecule has 0 N–H and O–H groups in total. The highest BCUT2D eigenvalue weighted by Gasteiger charge is 2.31. The molecule has 0 amide bonds. The number of anilines is 1. The molecule has 0 radical (unpaired) electrons. The van der Waals surface area contributed by atoms with Gasteiger partial charge in [0, 0.05) is 50.9 Å². The number of likely N-dealkylation sites (tertiary alicyclic amines) is 1. The maximum Gasteiger partial charge on any atom is 0.345 e. The predicted octanol–water partition coefficient (Wildman–Crippen LogP) is 2.45. The van der Waals surface area contributed by atoms with Gasteiger partial charge in [-0.2, -0.15) is 5.10 Å². The van der Waals surface area contributed by atoms with Gasteiger partial charge in [0.05, 0.1) is 0 Å². The number of nitrogens with zero attached hydrogens (tertiary/aromatic N) is 5. The first-order valence-electron chi connectivity index (χ1n) is 10.3. The number of rotatable bonds is 4. The lowest BCUT2D eigenvalue weighted by Gasteiger charge is -2.42. The molecule has 27 heavy (non-hydrogen) atoms. The van der Waals surface area contributed by atoms with Gasteiger partial charge in [-0.3, -0.25) is 9.47 Å². The summed E-state index contributed by atoms with van der Waals surface area (Å²) in [5.41, 5.74) is 1.36. The van der Waals surface area contributed by atoms with Gasteiger partial charge in [-0.05, 0) is 51.3 Å². The molecule has 3 heterocycles. The van der Waals surface area contributed by atoms with Gasteiger partial charge in [-0.25, -0.2) is 9.48 Å². The van der Waals surface area contributed by atoms with Crippen molar-refractivity contribution in [3.63, 3.8) is 0 Å². The van der Waals surface area contributed by atoms with Crippen molar-refractivity contribution in [3.8, 4) is 0 Å². The minimum atomic E-state index is 0.0146. The highest BCUT2D eigenvalue weighted by atomic mass is 16.2. The van der Waals surface area contributed by atoms with E-state index in [1.807, 2.05) is 11.5 Å². The van der Waals surface area contributed by atoms with Crippen molar-refractivity contribution in [2.24, 2.45) is 7.05 Å². The van der Waals surface area contributed by atoms with Gasteiger partial charge in [0.15, 0.2) is 0 Å². The van der Waals surface area contributed by atoms with Crippen molar-refractivity contribution >= 4 is 5.69 Å². The van der Waals surface area contributed by atoms with Crippen LogP contribution in [0.5, 0.6) is 0 Å². The predicted molar refractivity (Wildman–Crippen MR) is 108 cm³/mol. The van der Waals surface area contributed by atoms with Crippen molar-refractivity contribution in [1.29, 1.82) is 0 Å². The van der Waals surface area contributed by atoms with E-state index in [1.54, 1.807) is 7.05 Å². The van der Waals surface area contributed by atoms with Crippen LogP contribution in [0.3, 0.4) is 0 Å². The Morgan fingerprint density at radius 2 is 1.81 bits per heavy atom. The third-order valence-corrected chi connectivity index (χ3v) is 6.27. The number of piperidine rings is 2. The Morgan fingerprint density at radius 1 is 1.07 bits per heavy atom. The van der Waals surface area contributed by atoms with Crippen LogP contribution in [0.4, 0.5) is 5.69 Å². The molecule has 2 aromatic rings. The van der Waals surface area contributed by atoms with Gasteiger partial charge >= 0.3 is 5.69 Å². The number of hydrogen-bond donors (Lipinski definition) is 0. The fourth-order valence-electron chi connectivity index (χ4n) is 4.80. The summed E-state index contributed by atoms with van der Waals surface area (Å²) in [6, 6.07) is 11.4. The van der Waals surface area contributed by atoms with Crippen molar-refractivity contribution in [3.05, 3.63) is 46.6 Å². The highest BCUT2D eigenvalue weighted by Crippen LogP contribution is 2.30. The van der Waals surface area contributed by atoms with Gasteiger partial charge < -0.3 is 4.90 Å². The van der Waals surface area contributed by atoms with E-state index in [2.05, 4.69) is 45.2 Å². The smallest absolute Gasteiger partial charge is 0.345 e. The second-order valence-corrected chi connectivity index (χ2v) is 7.90. The zero-order chi connectivity index (χ0) is 18.8. The van der Waals surface area contributed by atoms with Crippen LogP contribution in [-0.2, 0) is 13.6 Å². The molecule has 0 bridgehead atoms. The fourth-order valence-corrected chi connectivity index (χ4v) is 4.80. The third kappa shape index (κ3) is 3.68. The second kappa shape index (κ2) is 7.89. The molecule has 2 saturated heterocycles. The zero-order valence-corrected chi connectivity index (χ0v) is 16.5. The maximum atomic E-state index is 12.3. The van der Waals surface area contributed by atoms with E-state index in [4.69, 9.17) is 0 Å². The molecular weight excluding hydrogens is 338 g/mol. The van der Waals surface area contributed by atoms with Crippen LogP contribution < -0.4 is 10.6 Å². The van der Waals surface area contributed by atoms with Gasteiger partial charge in [-0.1, -0.05) is 18.2 Å². The van der Waals surface area contributed by atoms with Crippen molar-refractivity contribution in [2.45, 2.75) is 51.1 Å². The Kier molecular flexibility index (Phi) is 5.34. The van der Waals surface area contributed by atoms with Crippen LogP contribution in [-0.4, -0.2) is 51.5 Å². The minimum absolute atomic E-state index is 0.0146. The summed E-state index contributed by atoms with van der Waals surface area (Å²) in [5, 5.41) is 4.57. The fraction of sp³-hybridized carbons (Fsp3) is 0.619. The molecule has 0 aliphatic carbocycles. The molecular formula is C21H31N5O. The summed E-state index contributed by atoms with van der Waals surface area (Å²) in [7, 11) is 1.76. The van der Waals surface area contributed by atoms with Gasteiger partial charge in [0.2, 0.25) is 0 Å². The van der Waals surface area contributed by atoms with E-state index in [1.165, 1.54) is 36.2 Å². The number of benzene rings is 1. The summed E-state index contributed by atoms with van der Waals surface area (Å²) in [6.45, 7) is 7.20. The summed E-state index contributed by atoms with van der Waals surface area (Å²) < 4.78 is 3.35. The number of aryl methyl sites for hydroxylation is 1. The van der Waals surface area contributed by atoms with E-state index >= 15 is 0 Å². The molecule has 1 aromatic heterocycles. The number of hydrogen-bond acceptors (Lipinski definition) is 4. The van der Waals surface area contributed by atoms with Crippen LogP contribution >= 0.6 is 0 Å². The molecule has 0 saturated carbocycles. The topological polar surface area (TPSA) is 46.3 Å². The standard InChI is InChI=1S/C21H31N5O/c1-3-26-20(22-23(2)21(26)27)17-8-7-13-25(16-17)19-11-14-24(15-12-19)18-9-5-4-6-10-18/h4-6,9-10,17,19H,3,7-8,11-16H2,1-2H3/t17-/m1/s1. The molecule has 1 atom stereocenters. The largest absolute Gasteiger partial charge is 0.371 e. The summed E-state index contributed by atoms with van der Waals surface area (Å²) >= 11 is 0. The van der Waals surface area contributed by atoms with Crippen LogP contribution in [0.1, 0.15) is 44.3 Å². The minimum Gasteiger partial charge on any atom is -0.371 e. The second-order valence-electron chi connectivity index (χ2n) is 7.90. The number of para-hydroxylation sites is 1. The molecule has 2 aliphatic heterocycles. The van der Waals surface area contributed by atoms with Crippen molar-refractivity contribution in [1.82, 2.24) is 19.2 Å². The van der Waals surface area contributed by atoms with E-state index in [0.29, 0.717) is 18.5 Å². The Balaban J connectivity index is 1.41. The van der Waals surface area contributed by atoms with Gasteiger partial charge in [0.25, 0.3) is 0 Å². The Morgan fingerprint density at radius 3 is 2.52 bits per heavy atom. The highest BCUT2D eigenvalue weighted by molar-refractivity contribution is 5.46. The van der Waals surface area contributed by atoms with E-state index in [0.717, 1.165) is 31.9 Å².